The van der Waals surface area contributed by atoms with Crippen molar-refractivity contribution < 1.29 is 4.79 Å². The van der Waals surface area contributed by atoms with Crippen LogP contribution in [0.4, 0.5) is 5.69 Å². The second kappa shape index (κ2) is 5.82. The molecule has 0 bridgehead atoms. The van der Waals surface area contributed by atoms with Crippen LogP contribution in [0.1, 0.15) is 25.3 Å². The molecule has 2 N–H and O–H groups in total. The van der Waals surface area contributed by atoms with E-state index in [1.807, 2.05) is 12.1 Å². The van der Waals surface area contributed by atoms with E-state index in [-0.39, 0.29) is 11.8 Å². The van der Waals surface area contributed by atoms with E-state index in [9.17, 15) is 4.79 Å². The summed E-state index contributed by atoms with van der Waals surface area (Å²) < 4.78 is 0. The van der Waals surface area contributed by atoms with Crippen molar-refractivity contribution in [2.75, 3.05) is 18.4 Å². The zero-order valence-electron chi connectivity index (χ0n) is 10.3. The predicted octanol–water partition coefficient (Wildman–Crippen LogP) is 2.19. The van der Waals surface area contributed by atoms with Gasteiger partial charge in [-0.05, 0) is 50.0 Å². The summed E-state index contributed by atoms with van der Waals surface area (Å²) in [7, 11) is 0. The second-order valence-electron chi connectivity index (χ2n) is 4.57. The van der Waals surface area contributed by atoms with E-state index < -0.39 is 0 Å². The molecule has 0 spiro atoms. The summed E-state index contributed by atoms with van der Waals surface area (Å²) >= 11 is 0. The third-order valence-corrected chi connectivity index (χ3v) is 3.31. The van der Waals surface area contributed by atoms with Crippen molar-refractivity contribution in [3.63, 3.8) is 0 Å². The normalized spacial score (nSPS) is 16.8. The number of carbonyl (C=O) groups is 1. The SMILES string of the molecule is CCc1cccc(NC(=O)C2CCNCC2)c1. The van der Waals surface area contributed by atoms with Gasteiger partial charge in [-0.15, -0.1) is 0 Å². The van der Waals surface area contributed by atoms with Gasteiger partial charge in [0.25, 0.3) is 0 Å². The summed E-state index contributed by atoms with van der Waals surface area (Å²) in [6, 6.07) is 8.09. The molecule has 1 saturated heterocycles. The molecule has 0 radical (unpaired) electrons. The van der Waals surface area contributed by atoms with Gasteiger partial charge in [-0.2, -0.15) is 0 Å². The molecule has 0 aliphatic carbocycles. The number of anilines is 1. The lowest BCUT2D eigenvalue weighted by Crippen LogP contribution is -2.34. The van der Waals surface area contributed by atoms with Crippen LogP contribution in [0.15, 0.2) is 24.3 Å². The van der Waals surface area contributed by atoms with Crippen molar-refractivity contribution in [2.24, 2.45) is 5.92 Å². The van der Waals surface area contributed by atoms with E-state index in [2.05, 4.69) is 29.7 Å². The van der Waals surface area contributed by atoms with E-state index >= 15 is 0 Å². The summed E-state index contributed by atoms with van der Waals surface area (Å²) in [6.07, 6.45) is 2.88. The Morgan fingerprint density at radius 1 is 1.41 bits per heavy atom. The van der Waals surface area contributed by atoms with Gasteiger partial charge >= 0.3 is 0 Å². The lowest BCUT2D eigenvalue weighted by Gasteiger charge is -2.21. The first kappa shape index (κ1) is 12.1. The molecule has 0 unspecified atom stereocenters. The van der Waals surface area contributed by atoms with Gasteiger partial charge in [-0.1, -0.05) is 19.1 Å². The first-order chi connectivity index (χ1) is 8.29. The molecule has 1 heterocycles. The number of piperidine rings is 1. The number of rotatable bonds is 3. The number of hydrogen-bond donors (Lipinski definition) is 2. The molecule has 1 aliphatic heterocycles. The fraction of sp³-hybridized carbons (Fsp3) is 0.500. The lowest BCUT2D eigenvalue weighted by molar-refractivity contribution is -0.120. The minimum Gasteiger partial charge on any atom is -0.326 e. The molecule has 1 aromatic carbocycles. The minimum absolute atomic E-state index is 0.166. The summed E-state index contributed by atoms with van der Waals surface area (Å²) in [6.45, 7) is 4.02. The van der Waals surface area contributed by atoms with Crippen LogP contribution in [0.3, 0.4) is 0 Å². The number of aryl methyl sites for hydroxylation is 1. The summed E-state index contributed by atoms with van der Waals surface area (Å²) in [5.41, 5.74) is 2.18. The molecule has 0 saturated carbocycles. The summed E-state index contributed by atoms with van der Waals surface area (Å²) in [5, 5.41) is 6.29. The van der Waals surface area contributed by atoms with E-state index in [1.54, 1.807) is 0 Å². The van der Waals surface area contributed by atoms with Gasteiger partial charge in [0.05, 0.1) is 0 Å². The van der Waals surface area contributed by atoms with E-state index in [1.165, 1.54) is 5.56 Å². The van der Waals surface area contributed by atoms with Crippen LogP contribution in [0.2, 0.25) is 0 Å². The van der Waals surface area contributed by atoms with Gasteiger partial charge in [0.1, 0.15) is 0 Å². The Balaban J connectivity index is 1.96. The van der Waals surface area contributed by atoms with E-state index in [0.29, 0.717) is 0 Å². The number of carbonyl (C=O) groups excluding carboxylic acids is 1. The lowest BCUT2D eigenvalue weighted by atomic mass is 9.97. The van der Waals surface area contributed by atoms with Crippen molar-refractivity contribution >= 4 is 11.6 Å². The van der Waals surface area contributed by atoms with Crippen LogP contribution in [0.5, 0.6) is 0 Å². The highest BCUT2D eigenvalue weighted by Crippen LogP contribution is 2.16. The molecule has 1 amide bonds. The number of nitrogens with one attached hydrogen (secondary N) is 2. The first-order valence-corrected chi connectivity index (χ1v) is 6.40. The van der Waals surface area contributed by atoms with Crippen molar-refractivity contribution in [2.45, 2.75) is 26.2 Å². The minimum atomic E-state index is 0.166. The van der Waals surface area contributed by atoms with Crippen LogP contribution >= 0.6 is 0 Å². The molecule has 17 heavy (non-hydrogen) atoms. The highest BCUT2D eigenvalue weighted by atomic mass is 16.1. The van der Waals surface area contributed by atoms with Crippen LogP contribution in [0, 0.1) is 5.92 Å². The van der Waals surface area contributed by atoms with Gasteiger partial charge < -0.3 is 10.6 Å². The quantitative estimate of drug-likeness (QED) is 0.838. The highest BCUT2D eigenvalue weighted by Gasteiger charge is 2.20. The average molecular weight is 232 g/mol. The van der Waals surface area contributed by atoms with Crippen molar-refractivity contribution in [1.82, 2.24) is 5.32 Å². The van der Waals surface area contributed by atoms with Gasteiger partial charge in [-0.25, -0.2) is 0 Å². The summed E-state index contributed by atoms with van der Waals surface area (Å²) in [5.74, 6) is 0.335. The van der Waals surface area contributed by atoms with Crippen LogP contribution in [-0.4, -0.2) is 19.0 Å². The van der Waals surface area contributed by atoms with Gasteiger partial charge in [0.2, 0.25) is 5.91 Å². The zero-order chi connectivity index (χ0) is 12.1. The van der Waals surface area contributed by atoms with Crippen molar-refractivity contribution in [1.29, 1.82) is 0 Å². The molecule has 0 aromatic heterocycles. The molecule has 3 heteroatoms. The Morgan fingerprint density at radius 3 is 2.88 bits per heavy atom. The maximum atomic E-state index is 12.0. The highest BCUT2D eigenvalue weighted by molar-refractivity contribution is 5.92. The van der Waals surface area contributed by atoms with E-state index in [4.69, 9.17) is 0 Å². The smallest absolute Gasteiger partial charge is 0.227 e. The Labute approximate surface area is 103 Å². The van der Waals surface area contributed by atoms with Gasteiger partial charge in [0, 0.05) is 11.6 Å². The van der Waals surface area contributed by atoms with Crippen LogP contribution in [0.25, 0.3) is 0 Å². The van der Waals surface area contributed by atoms with Crippen LogP contribution < -0.4 is 10.6 Å². The van der Waals surface area contributed by atoms with Gasteiger partial charge in [0.15, 0.2) is 0 Å². The molecule has 0 atom stereocenters. The average Bonchev–Trinajstić information content (AvgIpc) is 2.40. The zero-order valence-corrected chi connectivity index (χ0v) is 10.3. The van der Waals surface area contributed by atoms with Crippen LogP contribution in [-0.2, 0) is 11.2 Å². The topological polar surface area (TPSA) is 41.1 Å². The molecule has 3 nitrogen and oxygen atoms in total. The molecule has 1 fully saturated rings. The Kier molecular flexibility index (Phi) is 4.15. The van der Waals surface area contributed by atoms with Gasteiger partial charge in [-0.3, -0.25) is 4.79 Å². The molecular weight excluding hydrogens is 212 g/mol. The number of hydrogen-bond acceptors (Lipinski definition) is 2. The number of amides is 1. The maximum Gasteiger partial charge on any atom is 0.227 e. The Bertz CT molecular complexity index is 384. The van der Waals surface area contributed by atoms with E-state index in [0.717, 1.165) is 38.0 Å². The first-order valence-electron chi connectivity index (χ1n) is 6.40. The predicted molar refractivity (Wildman–Crippen MR) is 70.0 cm³/mol. The number of benzene rings is 1. The molecule has 2 rings (SSSR count). The third kappa shape index (κ3) is 3.30. The molecule has 1 aromatic rings. The largest absolute Gasteiger partial charge is 0.326 e. The molecular formula is C14H20N2O. The molecule has 92 valence electrons. The standard InChI is InChI=1S/C14H20N2O/c1-2-11-4-3-5-13(10-11)16-14(17)12-6-8-15-9-7-12/h3-5,10,12,15H,2,6-9H2,1H3,(H,16,17). The maximum absolute atomic E-state index is 12.0. The third-order valence-electron chi connectivity index (χ3n) is 3.31. The fourth-order valence-corrected chi connectivity index (χ4v) is 2.20. The monoisotopic (exact) mass is 232 g/mol. The fourth-order valence-electron chi connectivity index (χ4n) is 2.20. The van der Waals surface area contributed by atoms with Crippen molar-refractivity contribution in [3.8, 4) is 0 Å². The Morgan fingerprint density at radius 2 is 2.18 bits per heavy atom. The Hall–Kier alpha value is -1.35. The second-order valence-corrected chi connectivity index (χ2v) is 4.57. The van der Waals surface area contributed by atoms with Crippen molar-refractivity contribution in [3.05, 3.63) is 29.8 Å². The molecule has 1 aliphatic rings. The summed E-state index contributed by atoms with van der Waals surface area (Å²) in [4.78, 5) is 12.0.